The van der Waals surface area contributed by atoms with Gasteiger partial charge in [0.2, 0.25) is 17.7 Å². The van der Waals surface area contributed by atoms with Crippen molar-refractivity contribution in [3.63, 3.8) is 0 Å². The largest absolute Gasteiger partial charge is 0.314 e. The van der Waals surface area contributed by atoms with E-state index in [1.807, 2.05) is 0 Å². The second kappa shape index (κ2) is 6.18. The topological polar surface area (TPSA) is 101 Å². The summed E-state index contributed by atoms with van der Waals surface area (Å²) in [6.07, 6.45) is 6.11. The molecule has 24 heavy (non-hydrogen) atoms. The third-order valence-electron chi connectivity index (χ3n) is 4.90. The number of likely N-dealkylation sites (tertiary alicyclic amines) is 1. The second-order valence-corrected chi connectivity index (χ2v) is 6.40. The molecule has 2 aliphatic rings. The summed E-state index contributed by atoms with van der Waals surface area (Å²) in [6, 6.07) is -0.970. The average molecular weight is 332 g/mol. The molecule has 3 amide bonds. The second-order valence-electron chi connectivity index (χ2n) is 6.40. The van der Waals surface area contributed by atoms with Gasteiger partial charge in [-0.2, -0.15) is 0 Å². The fourth-order valence-electron chi connectivity index (χ4n) is 3.49. The van der Waals surface area contributed by atoms with E-state index in [4.69, 9.17) is 0 Å². The molecule has 1 aliphatic carbocycles. The molecule has 2 fully saturated rings. The van der Waals surface area contributed by atoms with Gasteiger partial charge in [0.05, 0.1) is 11.8 Å². The molecule has 2 heterocycles. The lowest BCUT2D eigenvalue weighted by atomic mass is 9.81. The van der Waals surface area contributed by atoms with Gasteiger partial charge < -0.3 is 9.88 Å². The maximum absolute atomic E-state index is 12.5. The van der Waals surface area contributed by atoms with E-state index in [2.05, 4.69) is 10.3 Å². The monoisotopic (exact) mass is 332 g/mol. The summed E-state index contributed by atoms with van der Waals surface area (Å²) in [7, 11) is 1.54. The molecule has 1 saturated heterocycles. The van der Waals surface area contributed by atoms with Crippen molar-refractivity contribution in [1.82, 2.24) is 14.5 Å². The molecule has 1 N–H and O–H groups in total. The minimum atomic E-state index is -0.970. The van der Waals surface area contributed by atoms with Crippen LogP contribution in [0.1, 0.15) is 32.6 Å². The number of hydrogen-bond acceptors (Lipinski definition) is 5. The molecule has 1 aromatic heterocycles. The van der Waals surface area contributed by atoms with Gasteiger partial charge in [0.15, 0.2) is 5.82 Å². The van der Waals surface area contributed by atoms with Crippen molar-refractivity contribution in [3.8, 4) is 0 Å². The molecule has 3 unspecified atom stereocenters. The molecular weight excluding hydrogens is 312 g/mol. The van der Waals surface area contributed by atoms with Crippen molar-refractivity contribution in [2.24, 2.45) is 18.9 Å². The molecular formula is C16H20N4O4. The number of imide groups is 1. The zero-order valence-corrected chi connectivity index (χ0v) is 13.7. The number of anilines is 1. The number of nitrogens with zero attached hydrogens (tertiary/aromatic N) is 3. The third-order valence-corrected chi connectivity index (χ3v) is 4.90. The summed E-state index contributed by atoms with van der Waals surface area (Å²) >= 11 is 0. The molecule has 0 bridgehead atoms. The van der Waals surface area contributed by atoms with Gasteiger partial charge in [-0.25, -0.2) is 4.98 Å². The first-order valence-electron chi connectivity index (χ1n) is 8.11. The van der Waals surface area contributed by atoms with Crippen LogP contribution in [-0.4, -0.2) is 38.2 Å². The van der Waals surface area contributed by atoms with E-state index in [1.165, 1.54) is 23.9 Å². The van der Waals surface area contributed by atoms with Crippen LogP contribution in [0.3, 0.4) is 0 Å². The smallest absolute Gasteiger partial charge is 0.293 e. The van der Waals surface area contributed by atoms with E-state index in [9.17, 15) is 19.2 Å². The Hall–Kier alpha value is -2.51. The lowest BCUT2D eigenvalue weighted by Gasteiger charge is -2.22. The Kier molecular flexibility index (Phi) is 4.21. The number of carbonyl (C=O) groups is 3. The average Bonchev–Trinajstić information content (AvgIpc) is 2.83. The highest BCUT2D eigenvalue weighted by molar-refractivity contribution is 6.09. The molecule has 0 spiro atoms. The van der Waals surface area contributed by atoms with Gasteiger partial charge >= 0.3 is 0 Å². The molecule has 128 valence electrons. The van der Waals surface area contributed by atoms with Gasteiger partial charge in [0, 0.05) is 19.4 Å². The Morgan fingerprint density at radius 3 is 2.38 bits per heavy atom. The summed E-state index contributed by atoms with van der Waals surface area (Å²) in [6.45, 7) is 1.50. The van der Waals surface area contributed by atoms with Gasteiger partial charge in [-0.1, -0.05) is 12.8 Å². The van der Waals surface area contributed by atoms with Crippen molar-refractivity contribution in [3.05, 3.63) is 22.7 Å². The number of fused-ring (bicyclic) bond motifs is 1. The van der Waals surface area contributed by atoms with E-state index in [1.54, 1.807) is 7.05 Å². The Labute approximate surface area is 138 Å². The number of nitrogens with one attached hydrogen (secondary N) is 1. The van der Waals surface area contributed by atoms with Gasteiger partial charge in [0.25, 0.3) is 5.56 Å². The third kappa shape index (κ3) is 2.61. The van der Waals surface area contributed by atoms with Crippen LogP contribution in [0, 0.1) is 11.8 Å². The molecule has 1 saturated carbocycles. The Balaban J connectivity index is 1.78. The number of aromatic nitrogens is 2. The standard InChI is InChI=1S/C16H20N4O4/c1-9(13(21)18-12-16(24)19(2)8-7-17-12)20-14(22)10-5-3-4-6-11(10)15(20)23/h7-11H,3-6H2,1-2H3,(H,17,18,21). The zero-order chi connectivity index (χ0) is 17.4. The first-order valence-corrected chi connectivity index (χ1v) is 8.11. The number of amides is 3. The van der Waals surface area contributed by atoms with Crippen LogP contribution in [0.2, 0.25) is 0 Å². The van der Waals surface area contributed by atoms with Crippen molar-refractivity contribution < 1.29 is 14.4 Å². The lowest BCUT2D eigenvalue weighted by Crippen LogP contribution is -2.46. The Bertz CT molecular complexity index is 733. The summed E-state index contributed by atoms with van der Waals surface area (Å²) in [4.78, 5) is 54.3. The highest BCUT2D eigenvalue weighted by Gasteiger charge is 2.50. The fraction of sp³-hybridized carbons (Fsp3) is 0.562. The molecule has 1 aromatic rings. The van der Waals surface area contributed by atoms with Crippen molar-refractivity contribution in [2.75, 3.05) is 5.32 Å². The quantitative estimate of drug-likeness (QED) is 0.801. The summed E-state index contributed by atoms with van der Waals surface area (Å²) in [5.74, 6) is -1.87. The minimum Gasteiger partial charge on any atom is -0.314 e. The van der Waals surface area contributed by atoms with Gasteiger partial charge in [0.1, 0.15) is 6.04 Å². The normalized spacial score (nSPS) is 24.7. The number of hydrogen-bond donors (Lipinski definition) is 1. The Morgan fingerprint density at radius 1 is 1.21 bits per heavy atom. The molecule has 8 nitrogen and oxygen atoms in total. The van der Waals surface area contributed by atoms with Gasteiger partial charge in [-0.3, -0.25) is 24.1 Å². The van der Waals surface area contributed by atoms with Crippen molar-refractivity contribution in [2.45, 2.75) is 38.6 Å². The first kappa shape index (κ1) is 16.4. The van der Waals surface area contributed by atoms with Crippen LogP contribution < -0.4 is 10.9 Å². The number of carbonyl (C=O) groups excluding carboxylic acids is 3. The first-order chi connectivity index (χ1) is 11.4. The summed E-state index contributed by atoms with van der Waals surface area (Å²) in [5, 5.41) is 2.42. The molecule has 8 heteroatoms. The predicted octanol–water partition coefficient (Wildman–Crippen LogP) is 0.282. The van der Waals surface area contributed by atoms with Crippen LogP contribution in [0.25, 0.3) is 0 Å². The summed E-state index contributed by atoms with van der Waals surface area (Å²) in [5.41, 5.74) is -0.453. The highest BCUT2D eigenvalue weighted by Crippen LogP contribution is 2.38. The fourth-order valence-corrected chi connectivity index (χ4v) is 3.49. The zero-order valence-electron chi connectivity index (χ0n) is 13.7. The molecule has 3 atom stereocenters. The molecule has 1 aliphatic heterocycles. The maximum atomic E-state index is 12.5. The van der Waals surface area contributed by atoms with Crippen LogP contribution >= 0.6 is 0 Å². The predicted molar refractivity (Wildman–Crippen MR) is 84.9 cm³/mol. The van der Waals surface area contributed by atoms with E-state index < -0.39 is 17.5 Å². The van der Waals surface area contributed by atoms with Gasteiger partial charge in [-0.05, 0) is 19.8 Å². The van der Waals surface area contributed by atoms with E-state index >= 15 is 0 Å². The van der Waals surface area contributed by atoms with Crippen LogP contribution in [0.5, 0.6) is 0 Å². The SMILES string of the molecule is CC(C(=O)Nc1nccn(C)c1=O)N1C(=O)C2CCCCC2C1=O. The maximum Gasteiger partial charge on any atom is 0.293 e. The lowest BCUT2D eigenvalue weighted by molar-refractivity contribution is -0.146. The molecule has 3 rings (SSSR count). The Morgan fingerprint density at radius 2 is 1.79 bits per heavy atom. The molecule has 0 radical (unpaired) electrons. The number of rotatable bonds is 3. The van der Waals surface area contributed by atoms with Crippen LogP contribution in [-0.2, 0) is 21.4 Å². The van der Waals surface area contributed by atoms with E-state index in [0.29, 0.717) is 12.8 Å². The van der Waals surface area contributed by atoms with Crippen LogP contribution in [0.15, 0.2) is 17.2 Å². The number of aryl methyl sites for hydroxylation is 1. The summed E-state index contributed by atoms with van der Waals surface area (Å²) < 4.78 is 1.29. The molecule has 0 aromatic carbocycles. The van der Waals surface area contributed by atoms with E-state index in [0.717, 1.165) is 17.7 Å². The van der Waals surface area contributed by atoms with Gasteiger partial charge in [-0.15, -0.1) is 0 Å². The highest BCUT2D eigenvalue weighted by atomic mass is 16.2. The van der Waals surface area contributed by atoms with E-state index in [-0.39, 0.29) is 29.5 Å². The van der Waals surface area contributed by atoms with Crippen LogP contribution in [0.4, 0.5) is 5.82 Å². The minimum absolute atomic E-state index is 0.117. The van der Waals surface area contributed by atoms with Crippen molar-refractivity contribution in [1.29, 1.82) is 0 Å². The van der Waals surface area contributed by atoms with Crippen molar-refractivity contribution >= 4 is 23.5 Å².